The molecule has 2 saturated heterocycles. The van der Waals surface area contributed by atoms with Gasteiger partial charge < -0.3 is 53.1 Å². The summed E-state index contributed by atoms with van der Waals surface area (Å²) in [5.41, 5.74) is 6.24. The number of nitrogens with one attached hydrogen (secondary N) is 1. The van der Waals surface area contributed by atoms with Crippen molar-refractivity contribution >= 4 is 0 Å². The van der Waals surface area contributed by atoms with E-state index in [0.29, 0.717) is 52.7 Å². The first kappa shape index (κ1) is 49.3. The predicted octanol–water partition coefficient (Wildman–Crippen LogP) is 8.61. The standard InChI is InChI=1S/C57H65NO10/c1-60-57-56(67-38-47-30-18-7-19-31-47)54(65-36-45-26-14-5-15-27-45)51(68-57)41-62-39-48(59)32-49-53(64-35-44-24-12-4-13-25-44)55(66-37-46-28-16-6-17-29-46)52(58-49)50(63-34-43-22-10-3-11-23-43)40-61-33-42-20-8-2-9-21-42/h2-31,48-59H,32-41H2,1H3/t48-,49-,50+,51-,52-,53+,54-,55+,56+,57-/m0/s1. The van der Waals surface area contributed by atoms with Gasteiger partial charge in [0.1, 0.15) is 30.5 Å². The van der Waals surface area contributed by atoms with E-state index < -0.39 is 49.0 Å². The molecule has 0 aromatic heterocycles. The van der Waals surface area contributed by atoms with Gasteiger partial charge in [-0.25, -0.2) is 0 Å². The fourth-order valence-electron chi connectivity index (χ4n) is 8.84. The Bertz CT molecular complexity index is 2260. The van der Waals surface area contributed by atoms with Gasteiger partial charge >= 0.3 is 0 Å². The van der Waals surface area contributed by atoms with E-state index >= 15 is 0 Å². The summed E-state index contributed by atoms with van der Waals surface area (Å²) in [4.78, 5) is 0. The first-order valence-corrected chi connectivity index (χ1v) is 23.7. The van der Waals surface area contributed by atoms with Gasteiger partial charge in [-0.15, -0.1) is 0 Å². The van der Waals surface area contributed by atoms with Crippen molar-refractivity contribution in [3.63, 3.8) is 0 Å². The van der Waals surface area contributed by atoms with E-state index in [1.807, 2.05) is 146 Å². The molecule has 358 valence electrons. The van der Waals surface area contributed by atoms with Crippen LogP contribution in [0.25, 0.3) is 0 Å². The number of aliphatic hydroxyl groups is 1. The maximum Gasteiger partial charge on any atom is 0.186 e. The average molecular weight is 924 g/mol. The van der Waals surface area contributed by atoms with Gasteiger partial charge in [-0.05, 0) is 39.8 Å². The summed E-state index contributed by atoms with van der Waals surface area (Å²) in [6.07, 6.45) is -4.21. The van der Waals surface area contributed by atoms with Gasteiger partial charge in [-0.3, -0.25) is 0 Å². The van der Waals surface area contributed by atoms with E-state index in [1.54, 1.807) is 7.11 Å². The topological polar surface area (TPSA) is 115 Å². The summed E-state index contributed by atoms with van der Waals surface area (Å²) < 4.78 is 58.5. The van der Waals surface area contributed by atoms with E-state index in [4.69, 9.17) is 42.6 Å². The van der Waals surface area contributed by atoms with E-state index in [1.165, 1.54) is 0 Å². The average Bonchev–Trinajstić information content (AvgIpc) is 3.91. The van der Waals surface area contributed by atoms with Crippen LogP contribution < -0.4 is 5.32 Å². The van der Waals surface area contributed by atoms with Crippen LogP contribution in [0.2, 0.25) is 0 Å². The van der Waals surface area contributed by atoms with Gasteiger partial charge in [0.15, 0.2) is 6.29 Å². The summed E-state index contributed by atoms with van der Waals surface area (Å²) in [5, 5.41) is 15.7. The van der Waals surface area contributed by atoms with Crippen LogP contribution in [0.5, 0.6) is 0 Å². The minimum absolute atomic E-state index is 0.0381. The quantitative estimate of drug-likeness (QED) is 0.0518. The lowest BCUT2D eigenvalue weighted by Gasteiger charge is -2.31. The van der Waals surface area contributed by atoms with Crippen LogP contribution in [-0.2, 0) is 82.3 Å². The Balaban J connectivity index is 0.987. The van der Waals surface area contributed by atoms with Gasteiger partial charge in [-0.2, -0.15) is 0 Å². The highest BCUT2D eigenvalue weighted by atomic mass is 16.7. The Hall–Kier alpha value is -5.12. The zero-order valence-corrected chi connectivity index (χ0v) is 38.8. The van der Waals surface area contributed by atoms with Crippen molar-refractivity contribution in [3.05, 3.63) is 215 Å². The lowest BCUT2D eigenvalue weighted by molar-refractivity contribution is -0.171. The third-order valence-electron chi connectivity index (χ3n) is 12.3. The van der Waals surface area contributed by atoms with Crippen molar-refractivity contribution in [3.8, 4) is 0 Å². The van der Waals surface area contributed by atoms with Crippen molar-refractivity contribution in [2.75, 3.05) is 26.9 Å². The molecule has 2 fully saturated rings. The molecule has 6 aromatic rings. The molecule has 6 aromatic carbocycles. The molecule has 0 aliphatic carbocycles. The number of hydrogen-bond donors (Lipinski definition) is 2. The fraction of sp³-hybridized carbons (Fsp3) is 0.368. The zero-order valence-electron chi connectivity index (χ0n) is 38.8. The number of hydrogen-bond acceptors (Lipinski definition) is 11. The molecule has 0 unspecified atom stereocenters. The maximum atomic E-state index is 11.9. The summed E-state index contributed by atoms with van der Waals surface area (Å²) >= 11 is 0. The normalized spacial score (nSPS) is 23.4. The smallest absolute Gasteiger partial charge is 0.186 e. The molecule has 0 bridgehead atoms. The Kier molecular flexibility index (Phi) is 19.3. The van der Waals surface area contributed by atoms with Crippen LogP contribution in [0.15, 0.2) is 182 Å². The second kappa shape index (κ2) is 26.6. The van der Waals surface area contributed by atoms with Crippen LogP contribution in [0.4, 0.5) is 0 Å². The maximum absolute atomic E-state index is 11.9. The highest BCUT2D eigenvalue weighted by Gasteiger charge is 2.50. The third-order valence-corrected chi connectivity index (χ3v) is 12.3. The Morgan fingerprint density at radius 1 is 0.471 bits per heavy atom. The third kappa shape index (κ3) is 14.7. The van der Waals surface area contributed by atoms with Gasteiger partial charge in [-0.1, -0.05) is 182 Å². The number of ether oxygens (including phenoxy) is 9. The van der Waals surface area contributed by atoms with E-state index in [0.717, 1.165) is 33.4 Å². The second-order valence-electron chi connectivity index (χ2n) is 17.4. The molecule has 11 heteroatoms. The van der Waals surface area contributed by atoms with Crippen LogP contribution >= 0.6 is 0 Å². The number of benzene rings is 6. The molecule has 2 N–H and O–H groups in total. The summed E-state index contributed by atoms with van der Waals surface area (Å²) in [7, 11) is 1.60. The first-order valence-electron chi connectivity index (χ1n) is 23.7. The molecule has 2 aliphatic heterocycles. The second-order valence-corrected chi connectivity index (χ2v) is 17.4. The van der Waals surface area contributed by atoms with Crippen molar-refractivity contribution < 1.29 is 47.7 Å². The van der Waals surface area contributed by atoms with Crippen molar-refractivity contribution in [2.45, 2.75) is 107 Å². The van der Waals surface area contributed by atoms with E-state index in [9.17, 15) is 5.11 Å². The minimum atomic E-state index is -0.879. The molecule has 10 atom stereocenters. The first-order chi connectivity index (χ1) is 33.6. The lowest BCUT2D eigenvalue weighted by atomic mass is 10.00. The summed E-state index contributed by atoms with van der Waals surface area (Å²) in [5.74, 6) is 0. The van der Waals surface area contributed by atoms with Crippen LogP contribution in [0.3, 0.4) is 0 Å². The molecule has 2 aliphatic rings. The molecule has 8 rings (SSSR count). The number of aliphatic hydroxyl groups excluding tert-OH is 1. The minimum Gasteiger partial charge on any atom is -0.391 e. The van der Waals surface area contributed by atoms with E-state index in [2.05, 4.69) is 41.7 Å². The van der Waals surface area contributed by atoms with Gasteiger partial charge in [0.25, 0.3) is 0 Å². The SMILES string of the molecule is CO[C@H]1O[C@@H](COC[C@@H](O)C[C@@H]2N[C@@H]([C@@H](COCc3ccccc3)OCc3ccccc3)[C@@H](OCc3ccccc3)[C@@H]2OCc2ccccc2)[C@H](OCc2ccccc2)[C@H]1OCc1ccccc1. The molecule has 0 radical (unpaired) electrons. The van der Waals surface area contributed by atoms with Crippen LogP contribution in [0.1, 0.15) is 39.8 Å². The van der Waals surface area contributed by atoms with Gasteiger partial charge in [0.2, 0.25) is 0 Å². The Morgan fingerprint density at radius 3 is 1.35 bits per heavy atom. The van der Waals surface area contributed by atoms with Crippen molar-refractivity contribution in [1.82, 2.24) is 5.32 Å². The van der Waals surface area contributed by atoms with Crippen LogP contribution in [-0.4, -0.2) is 93.1 Å². The molecule has 68 heavy (non-hydrogen) atoms. The fourth-order valence-corrected chi connectivity index (χ4v) is 8.84. The Morgan fingerprint density at radius 2 is 0.882 bits per heavy atom. The number of rotatable bonds is 27. The molecular formula is C57H65NO10. The molecular weight excluding hydrogens is 859 g/mol. The zero-order chi connectivity index (χ0) is 46.6. The van der Waals surface area contributed by atoms with Crippen molar-refractivity contribution in [2.24, 2.45) is 0 Å². The summed E-state index contributed by atoms with van der Waals surface area (Å²) in [6.45, 7) is 2.71. The van der Waals surface area contributed by atoms with Crippen LogP contribution in [0, 0.1) is 0 Å². The predicted molar refractivity (Wildman–Crippen MR) is 259 cm³/mol. The molecule has 2 heterocycles. The summed E-state index contributed by atoms with van der Waals surface area (Å²) in [6, 6.07) is 59.8. The van der Waals surface area contributed by atoms with Crippen molar-refractivity contribution in [1.29, 1.82) is 0 Å². The molecule has 0 saturated carbocycles. The monoisotopic (exact) mass is 923 g/mol. The largest absolute Gasteiger partial charge is 0.391 e. The highest BCUT2D eigenvalue weighted by Crippen LogP contribution is 2.32. The molecule has 0 spiro atoms. The molecule has 11 nitrogen and oxygen atoms in total. The van der Waals surface area contributed by atoms with E-state index in [-0.39, 0.29) is 25.3 Å². The lowest BCUT2D eigenvalue weighted by Crippen LogP contribution is -2.48. The highest BCUT2D eigenvalue weighted by molar-refractivity contribution is 5.18. The van der Waals surface area contributed by atoms with Gasteiger partial charge in [0, 0.05) is 13.2 Å². The number of methoxy groups -OCH3 is 1. The van der Waals surface area contributed by atoms with Gasteiger partial charge in [0.05, 0.1) is 77.7 Å². The Labute approximate surface area is 401 Å². The molecule has 0 amide bonds.